The van der Waals surface area contributed by atoms with E-state index in [2.05, 4.69) is 20.9 Å². The molecule has 0 bridgehead atoms. The highest BCUT2D eigenvalue weighted by atomic mass is 31.2. The van der Waals surface area contributed by atoms with Gasteiger partial charge in [0.2, 0.25) is 5.91 Å². The van der Waals surface area contributed by atoms with Crippen molar-refractivity contribution in [1.29, 1.82) is 0 Å². The Balaban J connectivity index is 1.77. The molecule has 3 rings (SSSR count). The maximum atomic E-state index is 11.9. The second-order valence-corrected chi connectivity index (χ2v) is 7.99. The molecule has 9 heteroatoms. The standard InChI is InChI=1S/C16H21N4O4P/c1-11-7-13-14(8-12(11)2)17-10-18-16(13)20-5-3-19(4-6-20)15(21)9-25(22,23)24/h7-8,10H,3-6,9H2,1-2H3,(H2,22,23,24). The van der Waals surface area contributed by atoms with Crippen LogP contribution < -0.4 is 4.90 Å². The Hall–Kier alpha value is -2.02. The SMILES string of the molecule is Cc1cc2ncnc(N3CCN(C(=O)CP(=O)(O)O)CC3)c2cc1C. The third kappa shape index (κ3) is 3.98. The number of benzene rings is 1. The van der Waals surface area contributed by atoms with Crippen LogP contribution in [0, 0.1) is 13.8 Å². The summed E-state index contributed by atoms with van der Waals surface area (Å²) in [6, 6.07) is 4.11. The fraction of sp³-hybridized carbons (Fsp3) is 0.438. The van der Waals surface area contributed by atoms with E-state index < -0.39 is 19.7 Å². The average molecular weight is 364 g/mol. The monoisotopic (exact) mass is 364 g/mol. The fourth-order valence-corrected chi connectivity index (χ4v) is 3.55. The molecule has 0 unspecified atom stereocenters. The van der Waals surface area contributed by atoms with Gasteiger partial charge in [0.05, 0.1) is 5.52 Å². The lowest BCUT2D eigenvalue weighted by Gasteiger charge is -2.35. The predicted molar refractivity (Wildman–Crippen MR) is 94.7 cm³/mol. The molecule has 0 radical (unpaired) electrons. The second-order valence-electron chi connectivity index (χ2n) is 6.34. The first-order chi connectivity index (χ1) is 11.7. The Morgan fingerprint density at radius 2 is 1.76 bits per heavy atom. The van der Waals surface area contributed by atoms with Crippen LogP contribution in [0.15, 0.2) is 18.5 Å². The Labute approximate surface area is 145 Å². The smallest absolute Gasteiger partial charge is 0.334 e. The summed E-state index contributed by atoms with van der Waals surface area (Å²) in [7, 11) is -4.33. The van der Waals surface area contributed by atoms with Crippen molar-refractivity contribution >= 4 is 30.2 Å². The van der Waals surface area contributed by atoms with Crippen molar-refractivity contribution in [2.24, 2.45) is 0 Å². The number of anilines is 1. The number of hydrogen-bond acceptors (Lipinski definition) is 5. The van der Waals surface area contributed by atoms with Crippen molar-refractivity contribution in [3.63, 3.8) is 0 Å². The van der Waals surface area contributed by atoms with Crippen LogP contribution in [0.3, 0.4) is 0 Å². The number of hydrogen-bond donors (Lipinski definition) is 2. The molecule has 0 saturated carbocycles. The van der Waals surface area contributed by atoms with E-state index in [-0.39, 0.29) is 0 Å². The summed E-state index contributed by atoms with van der Waals surface area (Å²) in [6.07, 6.45) is 0.805. The molecule has 1 fully saturated rings. The van der Waals surface area contributed by atoms with Gasteiger partial charge in [-0.3, -0.25) is 9.36 Å². The van der Waals surface area contributed by atoms with Gasteiger partial charge < -0.3 is 19.6 Å². The van der Waals surface area contributed by atoms with Gasteiger partial charge in [-0.2, -0.15) is 0 Å². The number of fused-ring (bicyclic) bond motifs is 1. The minimum atomic E-state index is -4.33. The maximum absolute atomic E-state index is 11.9. The molecule has 25 heavy (non-hydrogen) atoms. The number of aryl methyl sites for hydroxylation is 2. The lowest BCUT2D eigenvalue weighted by Crippen LogP contribution is -2.49. The van der Waals surface area contributed by atoms with Crippen LogP contribution in [0.4, 0.5) is 5.82 Å². The Kier molecular flexibility index (Phi) is 4.77. The van der Waals surface area contributed by atoms with E-state index in [1.54, 1.807) is 0 Å². The third-order valence-corrected chi connectivity index (χ3v) is 5.19. The first-order valence-electron chi connectivity index (χ1n) is 8.04. The highest BCUT2D eigenvalue weighted by Crippen LogP contribution is 2.34. The quantitative estimate of drug-likeness (QED) is 0.785. The van der Waals surface area contributed by atoms with Crippen LogP contribution in [0.2, 0.25) is 0 Å². The summed E-state index contributed by atoms with van der Waals surface area (Å²) in [5, 5.41) is 0.973. The average Bonchev–Trinajstić information content (AvgIpc) is 2.54. The van der Waals surface area contributed by atoms with Gasteiger partial charge in [0.1, 0.15) is 18.3 Å². The van der Waals surface area contributed by atoms with Crippen LogP contribution in [0.1, 0.15) is 11.1 Å². The molecule has 2 aromatic rings. The maximum Gasteiger partial charge on any atom is 0.334 e. The van der Waals surface area contributed by atoms with Crippen molar-refractivity contribution < 1.29 is 19.1 Å². The second kappa shape index (κ2) is 6.71. The van der Waals surface area contributed by atoms with Crippen LogP contribution in [-0.4, -0.2) is 62.9 Å². The van der Waals surface area contributed by atoms with Crippen molar-refractivity contribution in [2.45, 2.75) is 13.8 Å². The zero-order chi connectivity index (χ0) is 18.2. The van der Waals surface area contributed by atoms with Crippen LogP contribution >= 0.6 is 7.60 Å². The summed E-state index contributed by atoms with van der Waals surface area (Å²) in [5.74, 6) is 0.321. The Bertz CT molecular complexity index is 859. The molecular formula is C16H21N4O4P. The number of carbonyl (C=O) groups is 1. The molecule has 1 saturated heterocycles. The van der Waals surface area contributed by atoms with Crippen LogP contribution in [-0.2, 0) is 9.36 Å². The van der Waals surface area contributed by atoms with E-state index in [9.17, 15) is 9.36 Å². The van der Waals surface area contributed by atoms with Crippen LogP contribution in [0.5, 0.6) is 0 Å². The normalized spacial score (nSPS) is 15.7. The molecule has 8 nitrogen and oxygen atoms in total. The number of carbonyl (C=O) groups excluding carboxylic acids is 1. The van der Waals surface area contributed by atoms with Gasteiger partial charge in [0.25, 0.3) is 0 Å². The van der Waals surface area contributed by atoms with Crippen molar-refractivity contribution in [3.8, 4) is 0 Å². The highest BCUT2D eigenvalue weighted by molar-refractivity contribution is 7.52. The van der Waals surface area contributed by atoms with E-state index >= 15 is 0 Å². The minimum Gasteiger partial charge on any atom is -0.352 e. The van der Waals surface area contributed by atoms with Gasteiger partial charge in [-0.05, 0) is 37.1 Å². The highest BCUT2D eigenvalue weighted by Gasteiger charge is 2.27. The number of nitrogens with zero attached hydrogens (tertiary/aromatic N) is 4. The molecule has 1 aliphatic heterocycles. The zero-order valence-corrected chi connectivity index (χ0v) is 15.1. The molecule has 1 aromatic carbocycles. The molecule has 1 aliphatic rings. The minimum absolute atomic E-state index is 0.412. The molecule has 134 valence electrons. The zero-order valence-electron chi connectivity index (χ0n) is 14.2. The third-order valence-electron chi connectivity index (χ3n) is 4.50. The van der Waals surface area contributed by atoms with Gasteiger partial charge in [0, 0.05) is 31.6 Å². The number of amides is 1. The summed E-state index contributed by atoms with van der Waals surface area (Å²) in [6.45, 7) is 6.04. The fourth-order valence-electron chi connectivity index (χ4n) is 3.00. The largest absolute Gasteiger partial charge is 0.352 e. The van der Waals surface area contributed by atoms with Crippen LogP contribution in [0.25, 0.3) is 10.9 Å². The van der Waals surface area contributed by atoms with E-state index in [1.165, 1.54) is 22.4 Å². The molecule has 2 N–H and O–H groups in total. The van der Waals surface area contributed by atoms with E-state index in [1.807, 2.05) is 19.9 Å². The lowest BCUT2D eigenvalue weighted by molar-refractivity contribution is -0.128. The van der Waals surface area contributed by atoms with Gasteiger partial charge >= 0.3 is 7.60 Å². The summed E-state index contributed by atoms with van der Waals surface area (Å²) < 4.78 is 11.0. The van der Waals surface area contributed by atoms with E-state index in [0.717, 1.165) is 16.7 Å². The van der Waals surface area contributed by atoms with Crippen molar-refractivity contribution in [3.05, 3.63) is 29.6 Å². The number of piperazine rings is 1. The Morgan fingerprint density at radius 1 is 1.12 bits per heavy atom. The molecule has 0 aliphatic carbocycles. The number of rotatable bonds is 3. The van der Waals surface area contributed by atoms with Gasteiger partial charge in [-0.15, -0.1) is 0 Å². The molecule has 2 heterocycles. The van der Waals surface area contributed by atoms with Crippen molar-refractivity contribution in [1.82, 2.24) is 14.9 Å². The number of aromatic nitrogens is 2. The summed E-state index contributed by atoms with van der Waals surface area (Å²) >= 11 is 0. The lowest BCUT2D eigenvalue weighted by atomic mass is 10.1. The Morgan fingerprint density at radius 3 is 2.40 bits per heavy atom. The first-order valence-corrected chi connectivity index (χ1v) is 9.83. The van der Waals surface area contributed by atoms with E-state index in [0.29, 0.717) is 26.2 Å². The van der Waals surface area contributed by atoms with Gasteiger partial charge in [-0.25, -0.2) is 9.97 Å². The first kappa shape index (κ1) is 17.8. The summed E-state index contributed by atoms with van der Waals surface area (Å²) in [4.78, 5) is 42.2. The molecule has 0 atom stereocenters. The topological polar surface area (TPSA) is 107 Å². The van der Waals surface area contributed by atoms with Gasteiger partial charge in [-0.1, -0.05) is 0 Å². The predicted octanol–water partition coefficient (Wildman–Crippen LogP) is 1.07. The molecular weight excluding hydrogens is 343 g/mol. The molecule has 1 aromatic heterocycles. The molecule has 0 spiro atoms. The van der Waals surface area contributed by atoms with E-state index in [4.69, 9.17) is 9.79 Å². The molecule has 1 amide bonds. The van der Waals surface area contributed by atoms with Gasteiger partial charge in [0.15, 0.2) is 0 Å². The van der Waals surface area contributed by atoms with Crippen molar-refractivity contribution in [2.75, 3.05) is 37.2 Å². The summed E-state index contributed by atoms with van der Waals surface area (Å²) in [5.41, 5.74) is 3.22.